The third-order valence-electron chi connectivity index (χ3n) is 4.57. The van der Waals surface area contributed by atoms with Crippen LogP contribution in [0.1, 0.15) is 22.7 Å². The molecule has 2 aromatic carbocycles. The fourth-order valence-corrected chi connectivity index (χ4v) is 3.05. The second-order valence-corrected chi connectivity index (χ2v) is 6.14. The summed E-state index contributed by atoms with van der Waals surface area (Å²) < 4.78 is 12.6. The molecule has 4 heteroatoms. The van der Waals surface area contributed by atoms with Gasteiger partial charge in [-0.05, 0) is 54.3 Å². The maximum atomic E-state index is 5.29. The fourth-order valence-electron chi connectivity index (χ4n) is 3.05. The highest BCUT2D eigenvalue weighted by atomic mass is 16.5. The summed E-state index contributed by atoms with van der Waals surface area (Å²) in [5, 5.41) is 5.75. The Labute approximate surface area is 135 Å². The van der Waals surface area contributed by atoms with Crippen molar-refractivity contribution >= 4 is 10.9 Å². The quantitative estimate of drug-likeness (QED) is 0.740. The molecular weight excluding hydrogens is 288 g/mol. The molecule has 1 aromatic heterocycles. The second kappa shape index (κ2) is 5.70. The van der Waals surface area contributed by atoms with Gasteiger partial charge in [0.25, 0.3) is 0 Å². The molecule has 0 unspecified atom stereocenters. The van der Waals surface area contributed by atoms with E-state index in [1.54, 1.807) is 7.11 Å². The van der Waals surface area contributed by atoms with Crippen LogP contribution in [-0.2, 0) is 11.2 Å². The van der Waals surface area contributed by atoms with Gasteiger partial charge in [0.15, 0.2) is 0 Å². The van der Waals surface area contributed by atoms with Crippen LogP contribution in [0.2, 0.25) is 0 Å². The molecule has 0 amide bonds. The van der Waals surface area contributed by atoms with Gasteiger partial charge < -0.3 is 9.47 Å². The lowest BCUT2D eigenvalue weighted by Gasteiger charge is -2.27. The van der Waals surface area contributed by atoms with Gasteiger partial charge in [-0.2, -0.15) is 5.10 Å². The summed E-state index contributed by atoms with van der Waals surface area (Å²) in [6.45, 7) is 3.71. The van der Waals surface area contributed by atoms with Crippen molar-refractivity contribution in [1.29, 1.82) is 0 Å². The molecule has 0 N–H and O–H groups in total. The summed E-state index contributed by atoms with van der Waals surface area (Å²) in [4.78, 5) is 0. The van der Waals surface area contributed by atoms with Crippen LogP contribution in [0.4, 0.5) is 0 Å². The van der Waals surface area contributed by atoms with Crippen molar-refractivity contribution in [2.45, 2.75) is 19.4 Å². The third-order valence-corrected chi connectivity index (χ3v) is 4.57. The van der Waals surface area contributed by atoms with E-state index in [0.29, 0.717) is 6.04 Å². The van der Waals surface area contributed by atoms with Gasteiger partial charge in [0, 0.05) is 5.39 Å². The van der Waals surface area contributed by atoms with Gasteiger partial charge in [-0.15, -0.1) is 0 Å². The number of aromatic nitrogens is 2. The van der Waals surface area contributed by atoms with Crippen LogP contribution in [-0.4, -0.2) is 30.1 Å². The Kier molecular flexibility index (Phi) is 3.54. The Hall–Kier alpha value is -2.33. The topological polar surface area (TPSA) is 36.3 Å². The minimum absolute atomic E-state index is 0.388. The first-order valence-electron chi connectivity index (χ1n) is 7.92. The van der Waals surface area contributed by atoms with Crippen LogP contribution in [0.5, 0.6) is 5.75 Å². The lowest BCUT2D eigenvalue weighted by molar-refractivity contribution is -0.0266. The molecule has 2 heterocycles. The molecule has 3 aromatic rings. The van der Waals surface area contributed by atoms with Crippen LogP contribution in [0.3, 0.4) is 0 Å². The average molecular weight is 308 g/mol. The molecule has 1 saturated heterocycles. The number of methoxy groups -OCH3 is 1. The Balaban J connectivity index is 1.65. The lowest BCUT2D eigenvalue weighted by Crippen LogP contribution is -2.31. The van der Waals surface area contributed by atoms with Gasteiger partial charge in [0.05, 0.1) is 38.1 Å². The van der Waals surface area contributed by atoms with Crippen molar-refractivity contribution < 1.29 is 9.47 Å². The van der Waals surface area contributed by atoms with Crippen LogP contribution in [0.25, 0.3) is 10.9 Å². The van der Waals surface area contributed by atoms with Crippen LogP contribution in [0, 0.1) is 6.92 Å². The van der Waals surface area contributed by atoms with Crippen molar-refractivity contribution in [3.63, 3.8) is 0 Å². The molecule has 1 aliphatic heterocycles. The average Bonchev–Trinajstić information content (AvgIpc) is 2.89. The molecule has 4 nitrogen and oxygen atoms in total. The van der Waals surface area contributed by atoms with Crippen molar-refractivity contribution in [3.05, 3.63) is 59.3 Å². The second-order valence-electron chi connectivity index (χ2n) is 6.14. The minimum atomic E-state index is 0.388. The summed E-state index contributed by atoms with van der Waals surface area (Å²) in [7, 11) is 1.69. The van der Waals surface area contributed by atoms with Gasteiger partial charge in [-0.1, -0.05) is 12.1 Å². The third kappa shape index (κ3) is 2.59. The van der Waals surface area contributed by atoms with Gasteiger partial charge >= 0.3 is 0 Å². The molecule has 0 spiro atoms. The zero-order valence-electron chi connectivity index (χ0n) is 13.5. The normalized spacial score (nSPS) is 14.9. The summed E-state index contributed by atoms with van der Waals surface area (Å²) in [5.41, 5.74) is 5.13. The Bertz CT molecular complexity index is 832. The summed E-state index contributed by atoms with van der Waals surface area (Å²) in [5.74, 6) is 0.893. The smallest absolute Gasteiger partial charge is 0.118 e. The number of aryl methyl sites for hydroxylation is 1. The van der Waals surface area contributed by atoms with Crippen LogP contribution >= 0.6 is 0 Å². The molecule has 4 rings (SSSR count). The van der Waals surface area contributed by atoms with Crippen molar-refractivity contribution in [1.82, 2.24) is 9.78 Å². The van der Waals surface area contributed by atoms with E-state index in [-0.39, 0.29) is 0 Å². The van der Waals surface area contributed by atoms with Gasteiger partial charge in [0.1, 0.15) is 5.75 Å². The monoisotopic (exact) mass is 308 g/mol. The maximum absolute atomic E-state index is 5.29. The number of benzene rings is 2. The first kappa shape index (κ1) is 14.3. The van der Waals surface area contributed by atoms with Gasteiger partial charge in [0.2, 0.25) is 0 Å². The molecule has 0 aliphatic carbocycles. The first-order chi connectivity index (χ1) is 11.2. The molecule has 23 heavy (non-hydrogen) atoms. The van der Waals surface area contributed by atoms with E-state index in [2.05, 4.69) is 41.0 Å². The predicted octanol–water partition coefficient (Wildman–Crippen LogP) is 3.52. The maximum Gasteiger partial charge on any atom is 0.118 e. The molecule has 0 radical (unpaired) electrons. The first-order valence-corrected chi connectivity index (χ1v) is 7.92. The largest absolute Gasteiger partial charge is 0.497 e. The SMILES string of the molecule is COc1ccc(Cc2cc3cnn(C4COC4)c3cc2C)cc1. The molecule has 1 fully saturated rings. The molecule has 118 valence electrons. The predicted molar refractivity (Wildman–Crippen MR) is 90.1 cm³/mol. The van der Waals surface area contributed by atoms with Crippen molar-refractivity contribution in [3.8, 4) is 5.75 Å². The van der Waals surface area contributed by atoms with E-state index in [4.69, 9.17) is 9.47 Å². The number of fused-ring (bicyclic) bond motifs is 1. The van der Waals surface area contributed by atoms with E-state index in [0.717, 1.165) is 25.4 Å². The standard InChI is InChI=1S/C19H20N2O2/c1-13-7-19-16(10-20-21(19)17-11-23-12-17)9-15(13)8-14-3-5-18(22-2)6-4-14/h3-7,9-10,17H,8,11-12H2,1-2H3. The van der Waals surface area contributed by atoms with E-state index >= 15 is 0 Å². The van der Waals surface area contributed by atoms with E-state index in [1.807, 2.05) is 18.3 Å². The Morgan fingerprint density at radius 3 is 2.65 bits per heavy atom. The highest BCUT2D eigenvalue weighted by Gasteiger charge is 2.23. The number of rotatable bonds is 4. The number of hydrogen-bond donors (Lipinski definition) is 0. The van der Waals surface area contributed by atoms with Crippen molar-refractivity contribution in [2.24, 2.45) is 0 Å². The molecule has 1 aliphatic rings. The molecule has 0 saturated carbocycles. The van der Waals surface area contributed by atoms with Gasteiger partial charge in [-0.25, -0.2) is 0 Å². The van der Waals surface area contributed by atoms with Crippen LogP contribution < -0.4 is 4.74 Å². The highest BCUT2D eigenvalue weighted by Crippen LogP contribution is 2.27. The van der Waals surface area contributed by atoms with Gasteiger partial charge in [-0.3, -0.25) is 4.68 Å². The number of nitrogens with zero attached hydrogens (tertiary/aromatic N) is 2. The van der Waals surface area contributed by atoms with Crippen molar-refractivity contribution in [2.75, 3.05) is 20.3 Å². The number of ether oxygens (including phenoxy) is 2. The summed E-state index contributed by atoms with van der Waals surface area (Å²) >= 11 is 0. The lowest BCUT2D eigenvalue weighted by atomic mass is 9.99. The molecular formula is C19H20N2O2. The summed E-state index contributed by atoms with van der Waals surface area (Å²) in [6.07, 6.45) is 2.88. The Morgan fingerprint density at radius 2 is 2.00 bits per heavy atom. The highest BCUT2D eigenvalue weighted by molar-refractivity contribution is 5.80. The fraction of sp³-hybridized carbons (Fsp3) is 0.316. The van der Waals surface area contributed by atoms with Crippen LogP contribution in [0.15, 0.2) is 42.6 Å². The summed E-state index contributed by atoms with van der Waals surface area (Å²) in [6, 6.07) is 13.2. The zero-order valence-corrected chi connectivity index (χ0v) is 13.5. The number of hydrogen-bond acceptors (Lipinski definition) is 3. The Morgan fingerprint density at radius 1 is 1.22 bits per heavy atom. The molecule has 0 bridgehead atoms. The minimum Gasteiger partial charge on any atom is -0.497 e. The van der Waals surface area contributed by atoms with E-state index in [9.17, 15) is 0 Å². The van der Waals surface area contributed by atoms with E-state index in [1.165, 1.54) is 27.6 Å². The molecule has 0 atom stereocenters. The zero-order chi connectivity index (χ0) is 15.8. The van der Waals surface area contributed by atoms with E-state index < -0.39 is 0 Å².